The lowest BCUT2D eigenvalue weighted by molar-refractivity contribution is -0.123. The monoisotopic (exact) mass is 283 g/mol. The van der Waals surface area contributed by atoms with Crippen LogP contribution in [0.15, 0.2) is 36.4 Å². The summed E-state index contributed by atoms with van der Waals surface area (Å²) in [6.07, 6.45) is 4.96. The highest BCUT2D eigenvalue weighted by atomic mass is 16.4. The van der Waals surface area contributed by atoms with Gasteiger partial charge in [-0.3, -0.25) is 9.59 Å². The lowest BCUT2D eigenvalue weighted by Gasteiger charge is -2.17. The molecule has 4 rings (SSSR count). The van der Waals surface area contributed by atoms with Crippen LogP contribution in [0.2, 0.25) is 0 Å². The van der Waals surface area contributed by atoms with Crippen molar-refractivity contribution in [1.82, 2.24) is 0 Å². The van der Waals surface area contributed by atoms with Crippen LogP contribution < -0.4 is 4.90 Å². The summed E-state index contributed by atoms with van der Waals surface area (Å²) in [4.78, 5) is 37.4. The number of anilines is 1. The molecule has 0 radical (unpaired) electrons. The van der Waals surface area contributed by atoms with Crippen LogP contribution in [0.5, 0.6) is 0 Å². The first-order chi connectivity index (χ1) is 10.1. The highest BCUT2D eigenvalue weighted by Crippen LogP contribution is 2.53. The first kappa shape index (κ1) is 12.3. The zero-order valence-corrected chi connectivity index (χ0v) is 11.1. The fraction of sp³-hybridized carbons (Fsp3) is 0.312. The average molecular weight is 283 g/mol. The van der Waals surface area contributed by atoms with E-state index in [2.05, 4.69) is 0 Å². The molecule has 0 spiro atoms. The van der Waals surface area contributed by atoms with Crippen LogP contribution in [-0.4, -0.2) is 22.9 Å². The summed E-state index contributed by atoms with van der Waals surface area (Å²) in [6, 6.07) is 6.00. The Labute approximate surface area is 120 Å². The number of amides is 2. The molecule has 2 bridgehead atoms. The predicted molar refractivity (Wildman–Crippen MR) is 73.6 cm³/mol. The van der Waals surface area contributed by atoms with Crippen molar-refractivity contribution in [3.63, 3.8) is 0 Å². The molecular weight excluding hydrogens is 270 g/mol. The standard InChI is InChI=1S/C16H13NO4/c18-14-12-8-4-5-9(6-8)13(12)15(19)17(14)11-3-1-2-10(7-11)16(20)21/h1-5,7-9,12-13H,6H2,(H,20,21)/t8-,9-,12-,13+/m1/s1. The van der Waals surface area contributed by atoms with Gasteiger partial charge in [0.15, 0.2) is 0 Å². The highest BCUT2D eigenvalue weighted by Gasteiger charge is 2.59. The summed E-state index contributed by atoms with van der Waals surface area (Å²) < 4.78 is 0. The molecule has 106 valence electrons. The summed E-state index contributed by atoms with van der Waals surface area (Å²) in [7, 11) is 0. The van der Waals surface area contributed by atoms with E-state index in [0.717, 1.165) is 6.42 Å². The van der Waals surface area contributed by atoms with Crippen molar-refractivity contribution >= 4 is 23.5 Å². The van der Waals surface area contributed by atoms with Crippen LogP contribution in [0.4, 0.5) is 5.69 Å². The predicted octanol–water partition coefficient (Wildman–Crippen LogP) is 1.70. The second-order valence-electron chi connectivity index (χ2n) is 5.87. The normalized spacial score (nSPS) is 32.9. The van der Waals surface area contributed by atoms with Gasteiger partial charge in [0.2, 0.25) is 11.8 Å². The number of carboxylic acid groups (broad SMARTS) is 1. The van der Waals surface area contributed by atoms with Crippen LogP contribution in [0.1, 0.15) is 16.8 Å². The van der Waals surface area contributed by atoms with E-state index in [-0.39, 0.29) is 41.0 Å². The second-order valence-corrected chi connectivity index (χ2v) is 5.87. The summed E-state index contributed by atoms with van der Waals surface area (Å²) in [5, 5.41) is 9.04. The average Bonchev–Trinajstić information content (AvgIpc) is 3.13. The van der Waals surface area contributed by atoms with Gasteiger partial charge in [0.05, 0.1) is 23.1 Å². The zero-order valence-electron chi connectivity index (χ0n) is 11.1. The Morgan fingerprint density at radius 3 is 2.29 bits per heavy atom. The van der Waals surface area contributed by atoms with E-state index in [4.69, 9.17) is 5.11 Å². The fourth-order valence-corrected chi connectivity index (χ4v) is 3.93. The van der Waals surface area contributed by atoms with E-state index in [9.17, 15) is 14.4 Å². The quantitative estimate of drug-likeness (QED) is 0.662. The van der Waals surface area contributed by atoms with Gasteiger partial charge in [-0.05, 0) is 36.5 Å². The lowest BCUT2D eigenvalue weighted by Crippen LogP contribution is -2.32. The number of hydrogen-bond donors (Lipinski definition) is 1. The van der Waals surface area contributed by atoms with E-state index in [1.165, 1.54) is 17.0 Å². The van der Waals surface area contributed by atoms with Crippen molar-refractivity contribution in [1.29, 1.82) is 0 Å². The SMILES string of the molecule is O=C(O)c1cccc(N2C(=O)[C@@H]3[C@H](C2=O)[C@@H]2C=C[C@@H]3C2)c1. The fourth-order valence-electron chi connectivity index (χ4n) is 3.93. The van der Waals surface area contributed by atoms with Crippen molar-refractivity contribution in [3.8, 4) is 0 Å². The van der Waals surface area contributed by atoms with E-state index < -0.39 is 5.97 Å². The third-order valence-corrected chi connectivity index (χ3v) is 4.82. The maximum Gasteiger partial charge on any atom is 0.335 e. The topological polar surface area (TPSA) is 74.7 Å². The smallest absolute Gasteiger partial charge is 0.335 e. The molecule has 1 N–H and O–H groups in total. The van der Waals surface area contributed by atoms with Crippen molar-refractivity contribution in [2.24, 2.45) is 23.7 Å². The number of fused-ring (bicyclic) bond motifs is 5. The Morgan fingerprint density at radius 2 is 1.71 bits per heavy atom. The van der Waals surface area contributed by atoms with E-state index >= 15 is 0 Å². The molecule has 5 nitrogen and oxygen atoms in total. The van der Waals surface area contributed by atoms with E-state index in [1.54, 1.807) is 12.1 Å². The largest absolute Gasteiger partial charge is 0.478 e. The van der Waals surface area contributed by atoms with Crippen molar-refractivity contribution in [2.45, 2.75) is 6.42 Å². The summed E-state index contributed by atoms with van der Waals surface area (Å²) in [5.74, 6) is -1.66. The van der Waals surface area contributed by atoms with E-state index in [1.807, 2.05) is 12.2 Å². The van der Waals surface area contributed by atoms with Gasteiger partial charge >= 0.3 is 5.97 Å². The molecule has 1 saturated heterocycles. The molecule has 5 heteroatoms. The Kier molecular flexibility index (Phi) is 2.37. The Bertz CT molecular complexity index is 678. The number of benzene rings is 1. The maximum atomic E-state index is 12.6. The molecular formula is C16H13NO4. The molecule has 4 atom stereocenters. The Morgan fingerprint density at radius 1 is 1.10 bits per heavy atom. The number of carboxylic acids is 1. The molecule has 2 fully saturated rings. The number of imide groups is 1. The minimum absolute atomic E-state index is 0.0752. The van der Waals surface area contributed by atoms with Crippen LogP contribution in [0.3, 0.4) is 0 Å². The number of carbonyl (C=O) groups is 3. The van der Waals surface area contributed by atoms with Crippen LogP contribution in [0.25, 0.3) is 0 Å². The number of rotatable bonds is 2. The van der Waals surface area contributed by atoms with Crippen molar-refractivity contribution < 1.29 is 19.5 Å². The molecule has 3 aliphatic rings. The summed E-state index contributed by atoms with van der Waals surface area (Å²) in [6.45, 7) is 0. The van der Waals surface area contributed by atoms with E-state index in [0.29, 0.717) is 5.69 Å². The van der Waals surface area contributed by atoms with Gasteiger partial charge in [-0.25, -0.2) is 9.69 Å². The molecule has 1 aromatic rings. The van der Waals surface area contributed by atoms with Gasteiger partial charge in [-0.15, -0.1) is 0 Å². The molecule has 1 saturated carbocycles. The van der Waals surface area contributed by atoms with Gasteiger partial charge in [0, 0.05) is 0 Å². The molecule has 0 aromatic heterocycles. The minimum Gasteiger partial charge on any atom is -0.478 e. The second kappa shape index (κ2) is 4.04. The lowest BCUT2D eigenvalue weighted by atomic mass is 9.85. The Balaban J connectivity index is 1.74. The maximum absolute atomic E-state index is 12.6. The molecule has 1 aromatic carbocycles. The molecule has 1 heterocycles. The number of allylic oxidation sites excluding steroid dienone is 2. The highest BCUT2D eigenvalue weighted by molar-refractivity contribution is 6.23. The first-order valence-corrected chi connectivity index (χ1v) is 6.97. The number of aromatic carboxylic acids is 1. The van der Waals surface area contributed by atoms with Crippen molar-refractivity contribution in [2.75, 3.05) is 4.90 Å². The third kappa shape index (κ3) is 1.54. The number of hydrogen-bond acceptors (Lipinski definition) is 3. The van der Waals surface area contributed by atoms with Crippen molar-refractivity contribution in [3.05, 3.63) is 42.0 Å². The zero-order chi connectivity index (χ0) is 14.7. The molecule has 2 aliphatic carbocycles. The van der Waals surface area contributed by atoms with Gasteiger partial charge in [0.25, 0.3) is 0 Å². The number of carbonyl (C=O) groups excluding carboxylic acids is 2. The summed E-state index contributed by atoms with van der Waals surface area (Å²) >= 11 is 0. The minimum atomic E-state index is -1.07. The van der Waals surface area contributed by atoms with Crippen LogP contribution in [-0.2, 0) is 9.59 Å². The Hall–Kier alpha value is -2.43. The molecule has 1 aliphatic heterocycles. The van der Waals surface area contributed by atoms with Gasteiger partial charge < -0.3 is 5.11 Å². The van der Waals surface area contributed by atoms with Gasteiger partial charge in [-0.2, -0.15) is 0 Å². The third-order valence-electron chi connectivity index (χ3n) is 4.82. The number of nitrogens with zero attached hydrogens (tertiary/aromatic N) is 1. The molecule has 21 heavy (non-hydrogen) atoms. The molecule has 0 unspecified atom stereocenters. The first-order valence-electron chi connectivity index (χ1n) is 6.97. The van der Waals surface area contributed by atoms with Crippen LogP contribution >= 0.6 is 0 Å². The van der Waals surface area contributed by atoms with Gasteiger partial charge in [-0.1, -0.05) is 18.2 Å². The van der Waals surface area contributed by atoms with Gasteiger partial charge in [0.1, 0.15) is 0 Å². The molecule has 2 amide bonds. The van der Waals surface area contributed by atoms with Crippen LogP contribution in [0, 0.1) is 23.7 Å². The summed E-state index contributed by atoms with van der Waals surface area (Å²) in [5.41, 5.74) is 0.435.